The molecule has 2 rings (SSSR count). The molecule has 1 unspecified atom stereocenters. The van der Waals surface area contributed by atoms with Crippen LogP contribution in [0.4, 0.5) is 10.1 Å². The van der Waals surface area contributed by atoms with Gasteiger partial charge < -0.3 is 15.5 Å². The number of carbonyl (C=O) groups excluding carboxylic acids is 1. The Bertz CT molecular complexity index is 598. The van der Waals surface area contributed by atoms with Crippen molar-refractivity contribution in [3.8, 4) is 5.75 Å². The van der Waals surface area contributed by atoms with Gasteiger partial charge in [-0.1, -0.05) is 19.3 Å². The van der Waals surface area contributed by atoms with Crippen molar-refractivity contribution in [3.63, 3.8) is 0 Å². The number of anilines is 1. The molecule has 0 aromatic heterocycles. The van der Waals surface area contributed by atoms with Crippen molar-refractivity contribution >= 4 is 17.6 Å². The molecule has 3 N–H and O–H groups in total. The molecule has 126 valence electrons. The predicted octanol–water partition coefficient (Wildman–Crippen LogP) is 3.53. The fourth-order valence-electron chi connectivity index (χ4n) is 3.34. The lowest BCUT2D eigenvalue weighted by atomic mass is 9.67. The molecule has 1 aliphatic rings. The largest absolute Gasteiger partial charge is 0.506 e. The zero-order valence-corrected chi connectivity index (χ0v) is 13.1. The van der Waals surface area contributed by atoms with Gasteiger partial charge >= 0.3 is 5.97 Å². The van der Waals surface area contributed by atoms with Crippen LogP contribution in [-0.2, 0) is 9.59 Å². The smallest absolute Gasteiger partial charge is 0.304 e. The van der Waals surface area contributed by atoms with Crippen LogP contribution in [0.15, 0.2) is 18.2 Å². The summed E-state index contributed by atoms with van der Waals surface area (Å²) in [5.41, 5.74) is -1.13. The van der Waals surface area contributed by atoms with Gasteiger partial charge in [0.05, 0.1) is 17.5 Å². The summed E-state index contributed by atoms with van der Waals surface area (Å²) >= 11 is 0. The molecule has 0 spiro atoms. The second-order valence-electron chi connectivity index (χ2n) is 6.44. The molecule has 1 aromatic carbocycles. The first-order valence-corrected chi connectivity index (χ1v) is 7.84. The van der Waals surface area contributed by atoms with Gasteiger partial charge in [-0.3, -0.25) is 9.59 Å². The normalized spacial score (nSPS) is 18.2. The van der Waals surface area contributed by atoms with Crippen molar-refractivity contribution in [1.29, 1.82) is 0 Å². The van der Waals surface area contributed by atoms with Crippen molar-refractivity contribution in [3.05, 3.63) is 24.0 Å². The Kier molecular flexibility index (Phi) is 5.23. The maximum absolute atomic E-state index is 13.3. The number of phenolic OH excluding ortho intramolecular Hbond substituents is 1. The molecule has 0 bridgehead atoms. The van der Waals surface area contributed by atoms with E-state index in [1.54, 1.807) is 6.92 Å². The fraction of sp³-hybridized carbons (Fsp3) is 0.529. The highest BCUT2D eigenvalue weighted by Gasteiger charge is 2.43. The number of benzene rings is 1. The number of nitrogens with one attached hydrogen (secondary N) is 1. The van der Waals surface area contributed by atoms with Gasteiger partial charge in [0.1, 0.15) is 11.6 Å². The van der Waals surface area contributed by atoms with E-state index in [1.165, 1.54) is 0 Å². The Balaban J connectivity index is 2.25. The SMILES string of the molecule is CC(CC(=O)O)(C(=O)Nc1cc(F)ccc1O)C1CCCCC1. The second-order valence-corrected chi connectivity index (χ2v) is 6.44. The first-order chi connectivity index (χ1) is 10.8. The molecule has 6 heteroatoms. The highest BCUT2D eigenvalue weighted by atomic mass is 19.1. The van der Waals surface area contributed by atoms with E-state index in [0.29, 0.717) is 0 Å². The minimum absolute atomic E-state index is 0.0388. The minimum Gasteiger partial charge on any atom is -0.506 e. The Morgan fingerprint density at radius 3 is 2.57 bits per heavy atom. The number of hydrogen-bond donors (Lipinski definition) is 3. The summed E-state index contributed by atoms with van der Waals surface area (Å²) in [6, 6.07) is 3.26. The quantitative estimate of drug-likeness (QED) is 0.723. The van der Waals surface area contributed by atoms with Crippen molar-refractivity contribution in [2.75, 3.05) is 5.32 Å². The lowest BCUT2D eigenvalue weighted by Crippen LogP contribution is -2.42. The average molecular weight is 323 g/mol. The van der Waals surface area contributed by atoms with E-state index in [1.807, 2.05) is 0 Å². The first-order valence-electron chi connectivity index (χ1n) is 7.84. The van der Waals surface area contributed by atoms with Crippen LogP contribution in [0.3, 0.4) is 0 Å². The van der Waals surface area contributed by atoms with Crippen molar-refractivity contribution in [2.45, 2.75) is 45.4 Å². The summed E-state index contributed by atoms with van der Waals surface area (Å²) in [6.45, 7) is 1.64. The van der Waals surface area contributed by atoms with Gasteiger partial charge in [-0.2, -0.15) is 0 Å². The highest BCUT2D eigenvalue weighted by Crippen LogP contribution is 2.42. The molecular weight excluding hydrogens is 301 g/mol. The second kappa shape index (κ2) is 6.98. The molecule has 0 heterocycles. The van der Waals surface area contributed by atoms with Crippen molar-refractivity contribution < 1.29 is 24.2 Å². The summed E-state index contributed by atoms with van der Waals surface area (Å²) < 4.78 is 13.3. The van der Waals surface area contributed by atoms with Crippen LogP contribution in [0, 0.1) is 17.2 Å². The van der Waals surface area contributed by atoms with E-state index >= 15 is 0 Å². The molecule has 1 amide bonds. The highest BCUT2D eigenvalue weighted by molar-refractivity contribution is 5.98. The van der Waals surface area contributed by atoms with Crippen LogP contribution in [-0.4, -0.2) is 22.1 Å². The Hall–Kier alpha value is -2.11. The monoisotopic (exact) mass is 323 g/mol. The molecule has 1 atom stereocenters. The van der Waals surface area contributed by atoms with Gasteiger partial charge in [-0.15, -0.1) is 0 Å². The van der Waals surface area contributed by atoms with E-state index in [-0.39, 0.29) is 23.8 Å². The molecule has 1 aromatic rings. The maximum atomic E-state index is 13.3. The van der Waals surface area contributed by atoms with Gasteiger partial charge in [-0.05, 0) is 37.8 Å². The maximum Gasteiger partial charge on any atom is 0.304 e. The number of halogens is 1. The molecular formula is C17H22FNO4. The summed E-state index contributed by atoms with van der Waals surface area (Å²) in [6.07, 6.45) is 4.33. The lowest BCUT2D eigenvalue weighted by Gasteiger charge is -2.37. The minimum atomic E-state index is -1.09. The molecule has 1 aliphatic carbocycles. The van der Waals surface area contributed by atoms with Gasteiger partial charge in [0.2, 0.25) is 5.91 Å². The van der Waals surface area contributed by atoms with Crippen LogP contribution >= 0.6 is 0 Å². The van der Waals surface area contributed by atoms with E-state index in [4.69, 9.17) is 0 Å². The van der Waals surface area contributed by atoms with Crippen molar-refractivity contribution in [2.24, 2.45) is 11.3 Å². The molecule has 0 aliphatic heterocycles. The number of hydrogen-bond acceptors (Lipinski definition) is 3. The third-order valence-electron chi connectivity index (χ3n) is 4.75. The molecule has 1 fully saturated rings. The molecule has 0 radical (unpaired) electrons. The van der Waals surface area contributed by atoms with Gasteiger partial charge in [0.25, 0.3) is 0 Å². The zero-order chi connectivity index (χ0) is 17.0. The summed E-state index contributed by atoms with van der Waals surface area (Å²) in [7, 11) is 0. The van der Waals surface area contributed by atoms with E-state index in [9.17, 15) is 24.2 Å². The number of aromatic hydroxyl groups is 1. The number of carbonyl (C=O) groups is 2. The number of carboxylic acids is 1. The van der Waals surface area contributed by atoms with Gasteiger partial charge in [0, 0.05) is 6.07 Å². The number of phenols is 1. The molecule has 1 saturated carbocycles. The van der Waals surface area contributed by atoms with Gasteiger partial charge in [-0.25, -0.2) is 4.39 Å². The van der Waals surface area contributed by atoms with Crippen LogP contribution in [0.1, 0.15) is 45.4 Å². The van der Waals surface area contributed by atoms with E-state index in [0.717, 1.165) is 50.3 Å². The summed E-state index contributed by atoms with van der Waals surface area (Å²) in [5.74, 6) is -2.41. The fourth-order valence-corrected chi connectivity index (χ4v) is 3.34. The van der Waals surface area contributed by atoms with Crippen LogP contribution in [0.5, 0.6) is 5.75 Å². The number of amides is 1. The third-order valence-corrected chi connectivity index (χ3v) is 4.75. The van der Waals surface area contributed by atoms with Crippen molar-refractivity contribution in [1.82, 2.24) is 0 Å². The zero-order valence-electron chi connectivity index (χ0n) is 13.1. The average Bonchev–Trinajstić information content (AvgIpc) is 2.51. The Morgan fingerprint density at radius 1 is 1.30 bits per heavy atom. The van der Waals surface area contributed by atoms with Crippen LogP contribution < -0.4 is 5.32 Å². The predicted molar refractivity (Wildman–Crippen MR) is 83.6 cm³/mol. The molecule has 0 saturated heterocycles. The summed E-state index contributed by atoms with van der Waals surface area (Å²) in [5, 5.41) is 21.5. The van der Waals surface area contributed by atoms with E-state index < -0.39 is 23.1 Å². The number of rotatable bonds is 5. The number of carboxylic acid groups (broad SMARTS) is 1. The molecule has 23 heavy (non-hydrogen) atoms. The molecule has 5 nitrogen and oxygen atoms in total. The standard InChI is InChI=1S/C17H22FNO4/c1-17(10-15(21)22,11-5-3-2-4-6-11)16(23)19-13-9-12(18)7-8-14(13)20/h7-9,11,20H,2-6,10H2,1H3,(H,19,23)(H,21,22). The Labute approximate surface area is 134 Å². The van der Waals surface area contributed by atoms with Crippen LogP contribution in [0.2, 0.25) is 0 Å². The lowest BCUT2D eigenvalue weighted by molar-refractivity contribution is -0.145. The Morgan fingerprint density at radius 2 is 1.96 bits per heavy atom. The first kappa shape index (κ1) is 17.2. The number of aliphatic carboxylic acids is 1. The summed E-state index contributed by atoms with van der Waals surface area (Å²) in [4.78, 5) is 24.0. The van der Waals surface area contributed by atoms with Gasteiger partial charge in [0.15, 0.2) is 0 Å². The topological polar surface area (TPSA) is 86.6 Å². The third kappa shape index (κ3) is 4.00. The van der Waals surface area contributed by atoms with E-state index in [2.05, 4.69) is 5.32 Å². The van der Waals surface area contributed by atoms with Crippen LogP contribution in [0.25, 0.3) is 0 Å².